The lowest BCUT2D eigenvalue weighted by Gasteiger charge is -2.30. The molecule has 252 valence electrons. The summed E-state index contributed by atoms with van der Waals surface area (Å²) in [5, 5.41) is 19.4. The van der Waals surface area contributed by atoms with Crippen LogP contribution >= 0.6 is 0 Å². The van der Waals surface area contributed by atoms with E-state index in [0.717, 1.165) is 11.0 Å². The standard InChI is InChI=1S/C25H46N.C14H10O5S/c1-4-5-6-7-8-9-10-11-12-13-14-15-16-20-23-26(2,3)24-25-21-18-17-19-22-25;15-13(16)9-1-5-11(6-2-9)20(19)12-7-3-10(4-8-12)14(17)18/h17-19,21-22H,4-16,20,23-24H2,1-3H3;1-8H,(H,15,16)(H,17,18)/q+1;/p-1. The summed E-state index contributed by atoms with van der Waals surface area (Å²) >= 11 is 0. The largest absolute Gasteiger partial charge is 0.545 e. The number of carbonyl (C=O) groups excluding carboxylic acids is 1. The summed E-state index contributed by atoms with van der Waals surface area (Å²) < 4.78 is 13.3. The quantitative estimate of drug-likeness (QED) is 0.0921. The average molecular weight is 650 g/mol. The van der Waals surface area contributed by atoms with E-state index in [-0.39, 0.29) is 11.1 Å². The second-order valence-electron chi connectivity index (χ2n) is 12.8. The lowest BCUT2D eigenvalue weighted by atomic mass is 10.0. The van der Waals surface area contributed by atoms with Gasteiger partial charge in [-0.15, -0.1) is 0 Å². The SMILES string of the molecule is CCCCCCCCCCCCCCCC[N+](C)(C)Cc1ccccc1.O=C([O-])c1ccc(S(=O)c2ccc(C(=O)O)cc2)cc1. The Balaban J connectivity index is 0.000000330. The first-order valence-electron chi connectivity index (χ1n) is 17.1. The van der Waals surface area contributed by atoms with E-state index in [1.807, 2.05) is 0 Å². The van der Waals surface area contributed by atoms with Crippen molar-refractivity contribution in [2.75, 3.05) is 20.6 Å². The van der Waals surface area contributed by atoms with Gasteiger partial charge in [0, 0.05) is 15.4 Å². The van der Waals surface area contributed by atoms with Gasteiger partial charge in [0.25, 0.3) is 0 Å². The first-order valence-corrected chi connectivity index (χ1v) is 18.2. The van der Waals surface area contributed by atoms with E-state index in [9.17, 15) is 18.9 Å². The van der Waals surface area contributed by atoms with Crippen LogP contribution in [0.3, 0.4) is 0 Å². The molecule has 0 heterocycles. The van der Waals surface area contributed by atoms with E-state index in [2.05, 4.69) is 51.4 Å². The molecule has 3 aromatic carbocycles. The zero-order valence-corrected chi connectivity index (χ0v) is 29.1. The summed E-state index contributed by atoms with van der Waals surface area (Å²) in [4.78, 5) is 22.2. The van der Waals surface area contributed by atoms with Crippen molar-refractivity contribution in [2.24, 2.45) is 0 Å². The summed E-state index contributed by atoms with van der Waals surface area (Å²) in [5.74, 6) is -2.35. The molecule has 7 heteroatoms. The van der Waals surface area contributed by atoms with Gasteiger partial charge in [0.05, 0.1) is 43.0 Å². The van der Waals surface area contributed by atoms with Crippen LogP contribution in [0.1, 0.15) is 123 Å². The Labute approximate surface area is 279 Å². The maximum Gasteiger partial charge on any atom is 0.335 e. The smallest absolute Gasteiger partial charge is 0.335 e. The van der Waals surface area contributed by atoms with Gasteiger partial charge in [-0.3, -0.25) is 0 Å². The van der Waals surface area contributed by atoms with Crippen LogP contribution in [-0.4, -0.2) is 46.4 Å². The lowest BCUT2D eigenvalue weighted by molar-refractivity contribution is -0.903. The van der Waals surface area contributed by atoms with Crippen molar-refractivity contribution in [1.82, 2.24) is 0 Å². The van der Waals surface area contributed by atoms with Crippen molar-refractivity contribution in [3.8, 4) is 0 Å². The monoisotopic (exact) mass is 649 g/mol. The maximum atomic E-state index is 12.2. The zero-order valence-electron chi connectivity index (χ0n) is 28.3. The Morgan fingerprint density at radius 3 is 1.46 bits per heavy atom. The molecule has 1 N–H and O–H groups in total. The van der Waals surface area contributed by atoms with Crippen LogP contribution < -0.4 is 5.11 Å². The minimum absolute atomic E-state index is 0.00646. The molecule has 3 aromatic rings. The van der Waals surface area contributed by atoms with Crippen LogP contribution in [0.2, 0.25) is 0 Å². The van der Waals surface area contributed by atoms with Gasteiger partial charge in [0.1, 0.15) is 6.54 Å². The van der Waals surface area contributed by atoms with Crippen molar-refractivity contribution in [3.05, 3.63) is 95.6 Å². The molecule has 0 saturated heterocycles. The summed E-state index contributed by atoms with van der Waals surface area (Å²) in [6.07, 6.45) is 20.2. The highest BCUT2D eigenvalue weighted by molar-refractivity contribution is 7.85. The molecule has 0 aliphatic rings. The van der Waals surface area contributed by atoms with E-state index in [4.69, 9.17) is 5.11 Å². The van der Waals surface area contributed by atoms with Crippen LogP contribution in [0.25, 0.3) is 0 Å². The predicted molar refractivity (Wildman–Crippen MR) is 186 cm³/mol. The molecule has 1 unspecified atom stereocenters. The van der Waals surface area contributed by atoms with E-state index < -0.39 is 22.7 Å². The zero-order chi connectivity index (χ0) is 33.6. The van der Waals surface area contributed by atoms with E-state index in [1.165, 1.54) is 151 Å². The van der Waals surface area contributed by atoms with E-state index in [0.29, 0.717) is 9.79 Å². The second kappa shape index (κ2) is 22.3. The molecule has 6 nitrogen and oxygen atoms in total. The average Bonchev–Trinajstić information content (AvgIpc) is 3.05. The molecule has 0 aliphatic carbocycles. The highest BCUT2D eigenvalue weighted by Gasteiger charge is 2.15. The number of hydrogen-bond acceptors (Lipinski definition) is 4. The fourth-order valence-electron chi connectivity index (χ4n) is 5.46. The minimum atomic E-state index is -1.50. The molecule has 0 aromatic heterocycles. The lowest BCUT2D eigenvalue weighted by Crippen LogP contribution is -2.39. The first kappa shape index (κ1) is 38.9. The van der Waals surface area contributed by atoms with Gasteiger partial charge in [-0.2, -0.15) is 0 Å². The summed E-state index contributed by atoms with van der Waals surface area (Å²) in [5.41, 5.74) is 1.58. The third kappa shape index (κ3) is 16.3. The topological polar surface area (TPSA) is 94.5 Å². The Hall–Kier alpha value is -3.29. The number of unbranched alkanes of at least 4 members (excludes halogenated alkanes) is 13. The molecule has 0 radical (unpaired) electrons. The van der Waals surface area contributed by atoms with Crippen molar-refractivity contribution in [3.63, 3.8) is 0 Å². The van der Waals surface area contributed by atoms with Crippen molar-refractivity contribution >= 4 is 22.7 Å². The van der Waals surface area contributed by atoms with Crippen LogP contribution in [0.4, 0.5) is 0 Å². The molecule has 3 rings (SSSR count). The predicted octanol–water partition coefficient (Wildman–Crippen LogP) is 8.66. The van der Waals surface area contributed by atoms with Crippen LogP contribution in [0.5, 0.6) is 0 Å². The molecule has 0 bridgehead atoms. The van der Waals surface area contributed by atoms with E-state index >= 15 is 0 Å². The highest BCUT2D eigenvalue weighted by atomic mass is 32.2. The second-order valence-corrected chi connectivity index (χ2v) is 14.3. The van der Waals surface area contributed by atoms with Gasteiger partial charge >= 0.3 is 5.97 Å². The summed E-state index contributed by atoms with van der Waals surface area (Å²) in [6, 6.07) is 22.1. The number of quaternary nitrogens is 1. The maximum absolute atomic E-state index is 12.2. The fourth-order valence-corrected chi connectivity index (χ4v) is 6.50. The molecule has 0 aliphatic heterocycles. The number of carboxylic acids is 2. The normalized spacial score (nSPS) is 11.8. The van der Waals surface area contributed by atoms with Crippen LogP contribution in [0, 0.1) is 0 Å². The number of rotatable bonds is 21. The molecule has 0 spiro atoms. The molecule has 0 fully saturated rings. The number of carboxylic acid groups (broad SMARTS) is 2. The van der Waals surface area contributed by atoms with Gasteiger partial charge in [-0.1, -0.05) is 126 Å². The Morgan fingerprint density at radius 2 is 1.04 bits per heavy atom. The third-order valence-electron chi connectivity index (χ3n) is 8.19. The highest BCUT2D eigenvalue weighted by Crippen LogP contribution is 2.18. The Kier molecular flexibility index (Phi) is 18.8. The third-order valence-corrected chi connectivity index (χ3v) is 9.59. The van der Waals surface area contributed by atoms with Gasteiger partial charge < -0.3 is 19.5 Å². The number of hydrogen-bond donors (Lipinski definition) is 1. The summed E-state index contributed by atoms with van der Waals surface area (Å²) in [6.45, 7) is 4.75. The number of nitrogens with zero attached hydrogens (tertiary/aromatic N) is 1. The minimum Gasteiger partial charge on any atom is -0.545 e. The molecular formula is C39H55NO5S. The molecule has 46 heavy (non-hydrogen) atoms. The fraction of sp³-hybridized carbons (Fsp3) is 0.487. The van der Waals surface area contributed by atoms with Gasteiger partial charge in [0.15, 0.2) is 0 Å². The van der Waals surface area contributed by atoms with Crippen LogP contribution in [-0.2, 0) is 17.3 Å². The van der Waals surface area contributed by atoms with Crippen LogP contribution in [0.15, 0.2) is 88.7 Å². The number of carbonyl (C=O) groups is 2. The first-order chi connectivity index (χ1) is 22.1. The van der Waals surface area contributed by atoms with Gasteiger partial charge in [-0.05, 0) is 54.8 Å². The summed E-state index contributed by atoms with van der Waals surface area (Å²) in [7, 11) is 3.24. The molecular weight excluding hydrogens is 594 g/mol. The number of aromatic carboxylic acids is 2. The molecule has 0 saturated carbocycles. The number of benzene rings is 3. The molecule has 0 amide bonds. The van der Waals surface area contributed by atoms with Crippen molar-refractivity contribution < 1.29 is 28.5 Å². The van der Waals surface area contributed by atoms with Gasteiger partial charge in [-0.25, -0.2) is 9.00 Å². The van der Waals surface area contributed by atoms with E-state index in [1.54, 1.807) is 0 Å². The van der Waals surface area contributed by atoms with Gasteiger partial charge in [0.2, 0.25) is 0 Å². The Bertz CT molecular complexity index is 1230. The van der Waals surface area contributed by atoms with Crippen molar-refractivity contribution in [2.45, 2.75) is 113 Å². The molecule has 1 atom stereocenters. The Morgan fingerprint density at radius 1 is 0.630 bits per heavy atom. The van der Waals surface area contributed by atoms with Crippen molar-refractivity contribution in [1.29, 1.82) is 0 Å².